The number of hydrogen-bond donors (Lipinski definition) is 2. The minimum absolute atomic E-state index is 0.206. The molecule has 4 heteroatoms. The van der Waals surface area contributed by atoms with Crippen LogP contribution in [0.5, 0.6) is 5.75 Å². The normalized spacial score (nSPS) is 11.1. The summed E-state index contributed by atoms with van der Waals surface area (Å²) in [7, 11) is 0. The fourth-order valence-electron chi connectivity index (χ4n) is 1.26. The second kappa shape index (κ2) is 6.40. The second-order valence-electron chi connectivity index (χ2n) is 4.90. The van der Waals surface area contributed by atoms with Gasteiger partial charge in [-0.05, 0) is 44.5 Å². The molecule has 1 aromatic rings. The molecule has 1 rings (SSSR count). The lowest BCUT2D eigenvalue weighted by Gasteiger charge is -2.17. The molecule has 0 unspecified atom stereocenters. The van der Waals surface area contributed by atoms with E-state index in [2.05, 4.69) is 12.2 Å². The molecule has 4 nitrogen and oxygen atoms in total. The summed E-state index contributed by atoms with van der Waals surface area (Å²) in [5, 5.41) is 2.76. The van der Waals surface area contributed by atoms with Crippen molar-refractivity contribution in [3.8, 4) is 5.75 Å². The maximum absolute atomic E-state index is 11.7. The lowest BCUT2D eigenvalue weighted by molar-refractivity contribution is -0.120. The molecule has 0 spiro atoms. The molecule has 0 heterocycles. The molecule has 0 aliphatic heterocycles. The number of amides is 1. The van der Waals surface area contributed by atoms with E-state index in [0.717, 1.165) is 30.9 Å². The van der Waals surface area contributed by atoms with Gasteiger partial charge in [-0.3, -0.25) is 4.79 Å². The zero-order chi connectivity index (χ0) is 13.6. The zero-order valence-corrected chi connectivity index (χ0v) is 11.3. The number of ether oxygens (including phenoxy) is 1. The highest BCUT2D eigenvalue weighted by Gasteiger charge is 2.21. The first-order valence-electron chi connectivity index (χ1n) is 6.26. The van der Waals surface area contributed by atoms with Crippen LogP contribution < -0.4 is 15.8 Å². The Morgan fingerprint density at radius 2 is 1.94 bits per heavy atom. The summed E-state index contributed by atoms with van der Waals surface area (Å²) >= 11 is 0. The van der Waals surface area contributed by atoms with Gasteiger partial charge in [0.05, 0.1) is 12.1 Å². The van der Waals surface area contributed by atoms with E-state index in [1.54, 1.807) is 13.8 Å². The van der Waals surface area contributed by atoms with Crippen molar-refractivity contribution in [2.45, 2.75) is 39.2 Å². The van der Waals surface area contributed by atoms with Crippen LogP contribution in [-0.2, 0) is 4.79 Å². The number of carbonyl (C=O) groups is 1. The fraction of sp³-hybridized carbons (Fsp3) is 0.500. The van der Waals surface area contributed by atoms with Gasteiger partial charge in [0.2, 0.25) is 5.91 Å². The van der Waals surface area contributed by atoms with Gasteiger partial charge in [0.15, 0.2) is 0 Å². The first-order valence-corrected chi connectivity index (χ1v) is 6.26. The molecule has 0 radical (unpaired) electrons. The van der Waals surface area contributed by atoms with Crippen molar-refractivity contribution in [1.29, 1.82) is 0 Å². The Kier molecular flexibility index (Phi) is 5.16. The predicted molar refractivity (Wildman–Crippen MR) is 73.7 cm³/mol. The molecular formula is C14H22N2O2. The van der Waals surface area contributed by atoms with Gasteiger partial charge in [0.1, 0.15) is 5.75 Å². The number of nitrogens with one attached hydrogen (secondary N) is 1. The largest absolute Gasteiger partial charge is 0.494 e. The lowest BCUT2D eigenvalue weighted by atomic mass is 10.1. The molecule has 0 fully saturated rings. The molecule has 0 saturated carbocycles. The number of unbranched alkanes of at least 4 members (excludes halogenated alkanes) is 1. The quantitative estimate of drug-likeness (QED) is 0.763. The minimum atomic E-state index is -0.879. The van der Waals surface area contributed by atoms with E-state index in [1.807, 2.05) is 24.3 Å². The monoisotopic (exact) mass is 250 g/mol. The predicted octanol–water partition coefficient (Wildman–Crippen LogP) is 2.54. The maximum atomic E-state index is 11.7. The van der Waals surface area contributed by atoms with Crippen molar-refractivity contribution in [2.75, 3.05) is 11.9 Å². The summed E-state index contributed by atoms with van der Waals surface area (Å²) in [6.07, 6.45) is 2.15. The second-order valence-corrected chi connectivity index (χ2v) is 4.90. The Morgan fingerprint density at radius 1 is 1.33 bits per heavy atom. The van der Waals surface area contributed by atoms with Crippen LogP contribution in [0.15, 0.2) is 24.3 Å². The van der Waals surface area contributed by atoms with Crippen molar-refractivity contribution in [1.82, 2.24) is 0 Å². The van der Waals surface area contributed by atoms with Crippen LogP contribution in [0.2, 0.25) is 0 Å². The highest BCUT2D eigenvalue weighted by Crippen LogP contribution is 2.16. The van der Waals surface area contributed by atoms with Crippen molar-refractivity contribution < 1.29 is 9.53 Å². The summed E-state index contributed by atoms with van der Waals surface area (Å²) in [5.41, 5.74) is 5.55. The average molecular weight is 250 g/mol. The number of hydrogen-bond acceptors (Lipinski definition) is 3. The Bertz CT molecular complexity index is 380. The Hall–Kier alpha value is -1.55. The summed E-state index contributed by atoms with van der Waals surface area (Å²) in [6.45, 7) is 6.18. The van der Waals surface area contributed by atoms with Crippen LogP contribution in [0.4, 0.5) is 5.69 Å². The van der Waals surface area contributed by atoms with Crippen molar-refractivity contribution in [2.24, 2.45) is 5.73 Å². The number of carbonyl (C=O) groups excluding carboxylic acids is 1. The number of benzene rings is 1. The summed E-state index contributed by atoms with van der Waals surface area (Å²) in [5.74, 6) is 0.607. The van der Waals surface area contributed by atoms with Crippen LogP contribution in [0.1, 0.15) is 33.6 Å². The van der Waals surface area contributed by atoms with Gasteiger partial charge in [-0.15, -0.1) is 0 Å². The van der Waals surface area contributed by atoms with E-state index in [0.29, 0.717) is 0 Å². The molecule has 0 bridgehead atoms. The minimum Gasteiger partial charge on any atom is -0.494 e. The van der Waals surface area contributed by atoms with Crippen molar-refractivity contribution in [3.05, 3.63) is 24.3 Å². The molecule has 0 aliphatic carbocycles. The van der Waals surface area contributed by atoms with Gasteiger partial charge in [0, 0.05) is 5.69 Å². The fourth-order valence-corrected chi connectivity index (χ4v) is 1.26. The van der Waals surface area contributed by atoms with Gasteiger partial charge < -0.3 is 15.8 Å². The van der Waals surface area contributed by atoms with Crippen molar-refractivity contribution >= 4 is 11.6 Å². The Labute approximate surface area is 109 Å². The lowest BCUT2D eigenvalue weighted by Crippen LogP contribution is -2.45. The Morgan fingerprint density at radius 3 is 2.44 bits per heavy atom. The van der Waals surface area contributed by atoms with E-state index in [9.17, 15) is 4.79 Å². The third kappa shape index (κ3) is 4.75. The molecule has 0 aliphatic rings. The van der Waals surface area contributed by atoms with Crippen LogP contribution in [0.3, 0.4) is 0 Å². The smallest absolute Gasteiger partial charge is 0.243 e. The van der Waals surface area contributed by atoms with Crippen molar-refractivity contribution in [3.63, 3.8) is 0 Å². The molecule has 0 saturated heterocycles. The third-order valence-corrected chi connectivity index (χ3v) is 2.46. The Balaban J connectivity index is 2.53. The van der Waals surface area contributed by atoms with E-state index in [-0.39, 0.29) is 5.91 Å². The number of anilines is 1. The van der Waals surface area contributed by atoms with Crippen LogP contribution in [-0.4, -0.2) is 18.1 Å². The third-order valence-electron chi connectivity index (χ3n) is 2.46. The van der Waals surface area contributed by atoms with Gasteiger partial charge >= 0.3 is 0 Å². The van der Waals surface area contributed by atoms with Crippen LogP contribution >= 0.6 is 0 Å². The number of nitrogens with two attached hydrogens (primary N) is 1. The van der Waals surface area contributed by atoms with E-state index < -0.39 is 5.54 Å². The molecular weight excluding hydrogens is 228 g/mol. The first-order chi connectivity index (χ1) is 8.43. The highest BCUT2D eigenvalue weighted by molar-refractivity contribution is 5.97. The molecule has 0 atom stereocenters. The average Bonchev–Trinajstić information content (AvgIpc) is 2.30. The van der Waals surface area contributed by atoms with E-state index in [4.69, 9.17) is 10.5 Å². The van der Waals surface area contributed by atoms with Gasteiger partial charge in [0.25, 0.3) is 0 Å². The SMILES string of the molecule is CCCCOc1ccc(NC(=O)C(C)(C)N)cc1. The zero-order valence-electron chi connectivity index (χ0n) is 11.3. The maximum Gasteiger partial charge on any atom is 0.243 e. The summed E-state index contributed by atoms with van der Waals surface area (Å²) < 4.78 is 5.54. The molecule has 0 aromatic heterocycles. The molecule has 1 amide bonds. The highest BCUT2D eigenvalue weighted by atomic mass is 16.5. The van der Waals surface area contributed by atoms with Gasteiger partial charge in [-0.1, -0.05) is 13.3 Å². The standard InChI is InChI=1S/C14H22N2O2/c1-4-5-10-18-12-8-6-11(7-9-12)16-13(17)14(2,3)15/h6-9H,4-5,10,15H2,1-3H3,(H,16,17). The van der Waals surface area contributed by atoms with E-state index in [1.165, 1.54) is 0 Å². The van der Waals surface area contributed by atoms with E-state index >= 15 is 0 Å². The topological polar surface area (TPSA) is 64.3 Å². The first kappa shape index (κ1) is 14.5. The number of rotatable bonds is 6. The van der Waals surface area contributed by atoms with Gasteiger partial charge in [-0.25, -0.2) is 0 Å². The molecule has 3 N–H and O–H groups in total. The molecule has 100 valence electrons. The summed E-state index contributed by atoms with van der Waals surface area (Å²) in [4.78, 5) is 11.7. The van der Waals surface area contributed by atoms with Gasteiger partial charge in [-0.2, -0.15) is 0 Å². The molecule has 1 aromatic carbocycles. The summed E-state index contributed by atoms with van der Waals surface area (Å²) in [6, 6.07) is 7.30. The van der Waals surface area contributed by atoms with Crippen LogP contribution in [0.25, 0.3) is 0 Å². The molecule has 18 heavy (non-hydrogen) atoms. The van der Waals surface area contributed by atoms with Crippen LogP contribution in [0, 0.1) is 0 Å².